The maximum absolute atomic E-state index is 10.7. The van der Waals surface area contributed by atoms with Gasteiger partial charge in [-0.05, 0) is 234 Å². The number of hydrogen-bond donors (Lipinski definition) is 18. The second kappa shape index (κ2) is 50.3. The molecule has 0 bridgehead atoms. The summed E-state index contributed by atoms with van der Waals surface area (Å²) in [6.45, 7) is 22.5. The van der Waals surface area contributed by atoms with E-state index in [-0.39, 0.29) is 22.4 Å². The number of H-pyrrole nitrogens is 1. The van der Waals surface area contributed by atoms with Crippen LogP contribution in [0.4, 0.5) is 34.1 Å². The lowest BCUT2D eigenvalue weighted by Gasteiger charge is -2.19. The number of hydrogen-bond acceptors (Lipinski definition) is 38. The molecule has 0 radical (unpaired) electrons. The summed E-state index contributed by atoms with van der Waals surface area (Å²) in [6, 6.07) is 10.1. The number of aromatic amines is 1. The van der Waals surface area contributed by atoms with Crippen LogP contribution < -0.4 is 34.4 Å². The van der Waals surface area contributed by atoms with E-state index in [0.717, 1.165) is 65.1 Å². The van der Waals surface area contributed by atoms with Gasteiger partial charge >= 0.3 is 0 Å². The summed E-state index contributed by atoms with van der Waals surface area (Å²) in [5.41, 5.74) is 45.8. The topological polar surface area (TPSA) is 621 Å². The lowest BCUT2D eigenvalue weighted by atomic mass is 10.1. The maximum atomic E-state index is 10.7. The highest BCUT2D eigenvalue weighted by Gasteiger charge is 2.52. The van der Waals surface area contributed by atoms with Gasteiger partial charge in [0.05, 0.1) is 81.7 Å². The first kappa shape index (κ1) is 121. The van der Waals surface area contributed by atoms with Gasteiger partial charge in [-0.25, -0.2) is 54.8 Å². The van der Waals surface area contributed by atoms with Crippen molar-refractivity contribution < 1.29 is 84.6 Å². The van der Waals surface area contributed by atoms with E-state index in [1.54, 1.807) is 97.4 Å². The Morgan fingerprint density at radius 1 is 0.367 bits per heavy atom. The molecule has 0 amide bonds. The molecule has 54 heteroatoms. The fourth-order valence-electron chi connectivity index (χ4n) is 17.9. The quantitative estimate of drug-likeness (QED) is 0.00653. The van der Waals surface area contributed by atoms with Crippen LogP contribution in [-0.2, 0) is 28.4 Å². The zero-order chi connectivity index (χ0) is 110. The van der Waals surface area contributed by atoms with Crippen LogP contribution in [0.25, 0.3) is 67.0 Å². The zero-order valence-electron chi connectivity index (χ0n) is 87.0. The minimum absolute atomic E-state index is 0.109. The number of nitrogens with zero attached hydrogens (tertiary/aromatic N) is 17. The van der Waals surface area contributed by atoms with Crippen LogP contribution in [0.15, 0.2) is 89.0 Å². The van der Waals surface area contributed by atoms with Crippen molar-refractivity contribution in [3.05, 3.63) is 87.5 Å². The van der Waals surface area contributed by atoms with Crippen LogP contribution in [-0.4, -0.2) is 424 Å². The molecule has 828 valence electrons. The summed E-state index contributed by atoms with van der Waals surface area (Å²) in [7, 11) is 0. The number of thioether (sulfide) groups is 3. The predicted octanol–water partition coefficient (Wildman–Crippen LogP) is 11.1. The highest BCUT2D eigenvalue weighted by Crippen LogP contribution is 2.50. The van der Waals surface area contributed by atoms with Gasteiger partial charge in [0.1, 0.15) is 94.1 Å². The highest BCUT2D eigenvalue weighted by atomic mass is 127. The number of halogens is 3. The van der Waals surface area contributed by atoms with Crippen molar-refractivity contribution in [2.75, 3.05) is 169 Å². The van der Waals surface area contributed by atoms with E-state index in [9.17, 15) is 56.2 Å². The third-order valence-corrected chi connectivity index (χ3v) is 39.8. The van der Waals surface area contributed by atoms with E-state index in [0.29, 0.717) is 153 Å². The number of fused-ring (bicyclic) bond motifs is 6. The molecule has 12 aromatic rings. The largest absolute Gasteiger partial charge is 0.397 e. The second-order valence-corrected chi connectivity index (χ2v) is 74.2. The van der Waals surface area contributed by atoms with Crippen LogP contribution in [0.2, 0.25) is 5.28 Å². The Morgan fingerprint density at radius 2 is 0.627 bits per heavy atom. The monoisotopic (exact) mass is 2460 g/mol. The molecule has 24 N–H and O–H groups in total. The van der Waals surface area contributed by atoms with Crippen molar-refractivity contribution in [2.45, 2.75) is 220 Å². The molecule has 41 nitrogen and oxygen atoms in total. The number of anilines is 6. The SMILES string of the molecule is C=P(C)(C)CC[C@H]1O[C@@H](n2c(=S)[nH]c3c(N)ccnc32)[C@H](O)[C@@H]1O.C=P(C)(C)CC[C@H]1O[C@@H](n2c(Cl)nc3c(N)ccnc32)[C@H](O)[C@@H]1O.C=P(C)(C)CC[C@H]1O[C@@H](n2c(I)nc3c(N)ccnc32)[C@H](Br)[C@@H]1O.C=P(C)(C)CC[C@H]1O[C@@H](n2c(SC)nc3c(N)ccnc32)[C@H](O)[C@@H]1O.C=P(C)(C)CC[C@H]1O[C@@H](n2c(SCC)nc3c(N)ccnc32)[C@H](O)[C@@H]1O.C=P(C)(C)CC[C@H]1O[C@@H](n2c(SCCC)nc3c(N)ccnc32)[C@H](O)[C@@H]1O. The second-order valence-electron chi connectivity index (χ2n) is 42.5. The van der Waals surface area contributed by atoms with Crippen molar-refractivity contribution >= 4 is 278 Å². The molecule has 0 aliphatic carbocycles. The average Bonchev–Trinajstić information content (AvgIpc) is 1.62. The number of nitrogens with two attached hydrogens (primary N) is 6. The zero-order valence-corrected chi connectivity index (χ0v) is 100. The summed E-state index contributed by atoms with van der Waals surface area (Å²) in [5, 5.41) is 118. The third kappa shape index (κ3) is 28.6. The minimum atomic E-state index is -1.25. The minimum Gasteiger partial charge on any atom is -0.397 e. The molecular formula is C96H147BrClIN24O17P6S4. The van der Waals surface area contributed by atoms with Crippen LogP contribution in [0.5, 0.6) is 0 Å². The number of imidazole rings is 6. The molecular weight excluding hydrogens is 2320 g/mol. The first-order chi connectivity index (χ1) is 70.2. The van der Waals surface area contributed by atoms with Crippen LogP contribution >= 0.6 is 139 Å². The fraction of sp³-hybridized carbons (Fsp3) is 0.562. The van der Waals surface area contributed by atoms with Gasteiger partial charge in [0.15, 0.2) is 95.3 Å². The molecule has 0 aromatic carbocycles. The summed E-state index contributed by atoms with van der Waals surface area (Å²) >= 11 is 21.8. The average molecular weight is 2470 g/mol. The summed E-state index contributed by atoms with van der Waals surface area (Å²) in [5.74, 6) is 1.68. The number of alkyl halides is 1. The Kier molecular flexibility index (Phi) is 40.7. The number of pyridine rings is 6. The van der Waals surface area contributed by atoms with Gasteiger partial charge in [-0.2, -0.15) is 0 Å². The van der Waals surface area contributed by atoms with Crippen molar-refractivity contribution in [3.8, 4) is 0 Å². The van der Waals surface area contributed by atoms with Crippen molar-refractivity contribution in [2.24, 2.45) is 0 Å². The standard InChI is InChI=1S/C18H29N4O3PS.C17H27N4O3PS.C16H25N4O3PS.C15H21BrIN4O2P.C15H22ClN4O3P.C15H23N4O3PS/c1-5-10-27-18-21-13-11(19)6-8-20-16(13)22(18)17-15(24)14(23)12(25-17)7-9-26(2,3)4;1-5-26-17-20-12-10(18)6-8-19-15(12)21(17)16-14(23)13(22)11(24-16)7-9-25(2,3)4;1-24(2,3)8-6-10-12(21)13(22)15(23-10)20-14-11(19-16(20)25-4)9(17)5-7-18-14;1-24(2,3)7-5-9-12(22)10(16)14(23-9)21-13-11(20-15(21)17)8(18)4-6-19-13;1-24(2,3)7-5-9-11(21)12(22)14(23-9)20-13-10(19-15(20)16)8(17)4-6-18-13;1-23(2,3)7-5-9-11(20)12(21)14(22-9)19-13-10(18-15(19)24)8(16)4-6-17-13/h6,8,12,14-15,17,23-24H,2,5,7,9-10H2,1,3-4H3,(H2,19,20);6,8,11,13-14,16,22-23H,2,5,7,9H2,1,3-4H3,(H2,18,19);5,7,10,12-13,15,21-22H,1,6,8H2,2-4H3,(H2,17,18);4,6,9-10,12,14,22H,1,5,7H2,2-3H3,(H2,18,19);4,6,9,11-12,14,21-22H,1,5,7H2,2-3H3,(H2,17,18);4,6,9,11-12,14,20-21H,1,5,7H2,2-3H3,(H2,16,17)(H,18,24)/t12-,14-,15-,17-;11-,13-,14-,16-;10-,12-,13-,15-;9-,10-,12-,14-;2*9-,11-,12-,14-/m111111/s1. The molecule has 150 heavy (non-hydrogen) atoms. The van der Waals surface area contributed by atoms with Crippen molar-refractivity contribution in [3.63, 3.8) is 0 Å². The number of nitrogens with one attached hydrogen (secondary N) is 1. The maximum Gasteiger partial charge on any atom is 0.207 e. The van der Waals surface area contributed by atoms with E-state index in [4.69, 9.17) is 86.6 Å². The lowest BCUT2D eigenvalue weighted by Crippen LogP contribution is -2.32. The van der Waals surface area contributed by atoms with E-state index in [1.165, 1.54) is 34.3 Å². The molecule has 18 heterocycles. The van der Waals surface area contributed by atoms with Crippen molar-refractivity contribution in [1.82, 2.24) is 87.2 Å². The number of rotatable bonds is 30. The Balaban J connectivity index is 0.000000150. The fourth-order valence-corrected chi connectivity index (χ4v) is 27.8. The Labute approximate surface area is 919 Å². The Hall–Kier alpha value is -5.59. The lowest BCUT2D eigenvalue weighted by molar-refractivity contribution is -0.0400. The number of aliphatic hydroxyl groups excluding tert-OH is 11. The molecule has 0 unspecified atom stereocenters. The van der Waals surface area contributed by atoms with Gasteiger partial charge < -0.3 is 124 Å². The van der Waals surface area contributed by atoms with Gasteiger partial charge in [-0.3, -0.25) is 27.4 Å². The molecule has 6 fully saturated rings. The summed E-state index contributed by atoms with van der Waals surface area (Å²) in [6.07, 6.45) is 29.5. The Morgan fingerprint density at radius 3 is 0.947 bits per heavy atom. The summed E-state index contributed by atoms with van der Waals surface area (Å²) < 4.78 is 47.6. The van der Waals surface area contributed by atoms with E-state index in [1.807, 2.05) is 17.7 Å². The van der Waals surface area contributed by atoms with Gasteiger partial charge in [-0.15, -0.1) is 79.1 Å². The van der Waals surface area contributed by atoms with Gasteiger partial charge in [0.2, 0.25) is 5.28 Å². The van der Waals surface area contributed by atoms with E-state index in [2.05, 4.69) is 223 Å². The smallest absolute Gasteiger partial charge is 0.207 e. The number of nitrogen functional groups attached to an aromatic ring is 6. The van der Waals surface area contributed by atoms with Gasteiger partial charge in [0.25, 0.3) is 0 Å². The molecule has 6 aliphatic heterocycles. The van der Waals surface area contributed by atoms with Crippen molar-refractivity contribution in [1.29, 1.82) is 0 Å². The molecule has 6 aliphatic rings. The van der Waals surface area contributed by atoms with Crippen LogP contribution in [0.1, 0.15) is 96.2 Å². The summed E-state index contributed by atoms with van der Waals surface area (Å²) in [4.78, 5) is 51.2. The third-order valence-electron chi connectivity index (χ3n) is 26.0. The normalized spacial score (nSPS) is 27.2. The van der Waals surface area contributed by atoms with Crippen LogP contribution in [0, 0.1) is 8.60 Å². The molecule has 0 saturated carbocycles. The number of aromatic nitrogens is 18. The molecule has 0 spiro atoms. The van der Waals surface area contributed by atoms with Crippen LogP contribution in [0.3, 0.4) is 0 Å². The Bertz CT molecular complexity index is 6990. The highest BCUT2D eigenvalue weighted by molar-refractivity contribution is 14.1. The predicted molar refractivity (Wildman–Crippen MR) is 640 cm³/mol. The first-order valence-corrected chi connectivity index (χ1v) is 73.2. The first-order valence-electron chi connectivity index (χ1n) is 48.9. The van der Waals surface area contributed by atoms with Gasteiger partial charge in [-0.1, -0.05) is 65.1 Å². The number of aliphatic hydroxyl groups is 11. The number of ether oxygens (including phenoxy) is 6. The molecule has 12 aromatic heterocycles. The van der Waals surface area contributed by atoms with Gasteiger partial charge in [0, 0.05) is 65.5 Å². The molecule has 6 saturated heterocycles. The molecule has 18 rings (SSSR count). The van der Waals surface area contributed by atoms with E-state index >= 15 is 0 Å². The molecule has 24 atom stereocenters. The van der Waals surface area contributed by atoms with E-state index < -0.39 is 170 Å².